The van der Waals surface area contributed by atoms with Gasteiger partial charge in [0, 0.05) is 11.9 Å². The highest BCUT2D eigenvalue weighted by molar-refractivity contribution is 7.92. The maximum Gasteiger partial charge on any atom is 0.262 e. The Labute approximate surface area is 146 Å². The summed E-state index contributed by atoms with van der Waals surface area (Å²) in [5, 5.41) is 3.11. The molecule has 6 nitrogen and oxygen atoms in total. The molecule has 0 bridgehead atoms. The van der Waals surface area contributed by atoms with Crippen molar-refractivity contribution in [3.63, 3.8) is 0 Å². The summed E-state index contributed by atoms with van der Waals surface area (Å²) in [6, 6.07) is 18.9. The predicted molar refractivity (Wildman–Crippen MR) is 97.8 cm³/mol. The monoisotopic (exact) mass is 355 g/mol. The van der Waals surface area contributed by atoms with E-state index in [0.717, 1.165) is 5.69 Å². The van der Waals surface area contributed by atoms with Gasteiger partial charge in [-0.25, -0.2) is 13.4 Å². The Bertz CT molecular complexity index is 943. The van der Waals surface area contributed by atoms with Gasteiger partial charge in [0.2, 0.25) is 0 Å². The van der Waals surface area contributed by atoms with Crippen molar-refractivity contribution >= 4 is 27.2 Å². The summed E-state index contributed by atoms with van der Waals surface area (Å²) in [6.45, 7) is 0. The van der Waals surface area contributed by atoms with Crippen molar-refractivity contribution in [3.05, 3.63) is 72.9 Å². The number of hydrogen-bond acceptors (Lipinski definition) is 5. The molecule has 3 aromatic rings. The molecule has 3 rings (SSSR count). The van der Waals surface area contributed by atoms with Crippen molar-refractivity contribution in [3.8, 4) is 5.75 Å². The van der Waals surface area contributed by atoms with Crippen LogP contribution < -0.4 is 14.8 Å². The highest BCUT2D eigenvalue weighted by Crippen LogP contribution is 2.25. The van der Waals surface area contributed by atoms with E-state index in [2.05, 4.69) is 15.0 Å². The molecule has 0 aliphatic carbocycles. The lowest BCUT2D eigenvalue weighted by atomic mass is 10.3. The Morgan fingerprint density at radius 1 is 0.920 bits per heavy atom. The fourth-order valence-corrected chi connectivity index (χ4v) is 3.27. The van der Waals surface area contributed by atoms with E-state index in [0.29, 0.717) is 17.3 Å². The van der Waals surface area contributed by atoms with Gasteiger partial charge in [0.1, 0.15) is 5.75 Å². The van der Waals surface area contributed by atoms with Crippen LogP contribution in [0.1, 0.15) is 0 Å². The molecule has 0 fully saturated rings. The van der Waals surface area contributed by atoms with Crippen molar-refractivity contribution in [2.24, 2.45) is 0 Å². The second-order valence-corrected chi connectivity index (χ2v) is 6.85. The number of anilines is 3. The van der Waals surface area contributed by atoms with Crippen molar-refractivity contribution in [2.45, 2.75) is 4.90 Å². The Hall–Kier alpha value is -3.06. The molecule has 0 spiro atoms. The molecule has 7 heteroatoms. The minimum absolute atomic E-state index is 0.141. The first kappa shape index (κ1) is 16.8. The van der Waals surface area contributed by atoms with Crippen molar-refractivity contribution < 1.29 is 13.2 Å². The molecule has 0 radical (unpaired) electrons. The molecule has 0 aliphatic heterocycles. The molecule has 128 valence electrons. The van der Waals surface area contributed by atoms with Gasteiger partial charge in [-0.1, -0.05) is 18.2 Å². The number of nitrogens with one attached hydrogen (secondary N) is 2. The zero-order valence-electron chi connectivity index (χ0n) is 13.5. The molecule has 0 aliphatic rings. The molecule has 2 aromatic carbocycles. The fourth-order valence-electron chi connectivity index (χ4n) is 2.20. The minimum atomic E-state index is -3.74. The first-order valence-corrected chi connectivity index (χ1v) is 9.01. The number of benzene rings is 2. The second kappa shape index (κ2) is 7.23. The number of ether oxygens (including phenoxy) is 1. The number of methoxy groups -OCH3 is 1. The minimum Gasteiger partial charge on any atom is -0.497 e. The van der Waals surface area contributed by atoms with Crippen LogP contribution in [0.2, 0.25) is 0 Å². The third-order valence-electron chi connectivity index (χ3n) is 3.46. The van der Waals surface area contributed by atoms with Gasteiger partial charge < -0.3 is 10.1 Å². The first-order valence-electron chi connectivity index (χ1n) is 7.52. The second-order valence-electron chi connectivity index (χ2n) is 5.17. The van der Waals surface area contributed by atoms with Gasteiger partial charge in [0.25, 0.3) is 10.0 Å². The van der Waals surface area contributed by atoms with Crippen LogP contribution in [0, 0.1) is 0 Å². The van der Waals surface area contributed by atoms with Crippen LogP contribution in [0.4, 0.5) is 17.2 Å². The van der Waals surface area contributed by atoms with Gasteiger partial charge in [-0.05, 0) is 48.5 Å². The van der Waals surface area contributed by atoms with Gasteiger partial charge in [-0.15, -0.1) is 0 Å². The van der Waals surface area contributed by atoms with Crippen LogP contribution in [0.5, 0.6) is 5.75 Å². The van der Waals surface area contributed by atoms with E-state index in [-0.39, 0.29) is 4.90 Å². The Kier molecular flexibility index (Phi) is 4.85. The smallest absolute Gasteiger partial charge is 0.262 e. The summed E-state index contributed by atoms with van der Waals surface area (Å²) < 4.78 is 32.8. The van der Waals surface area contributed by atoms with Crippen LogP contribution in [0.3, 0.4) is 0 Å². The molecule has 25 heavy (non-hydrogen) atoms. The largest absolute Gasteiger partial charge is 0.497 e. The lowest BCUT2D eigenvalue weighted by molar-refractivity contribution is 0.414. The molecular formula is C18H17N3O3S. The van der Waals surface area contributed by atoms with Crippen LogP contribution in [0.15, 0.2) is 77.8 Å². The van der Waals surface area contributed by atoms with E-state index >= 15 is 0 Å². The Balaban J connectivity index is 1.86. The number of nitrogens with zero attached hydrogens (tertiary/aromatic N) is 1. The Morgan fingerprint density at radius 3 is 2.32 bits per heavy atom. The van der Waals surface area contributed by atoms with Gasteiger partial charge in [-0.3, -0.25) is 4.72 Å². The molecular weight excluding hydrogens is 338 g/mol. The topological polar surface area (TPSA) is 80.3 Å². The van der Waals surface area contributed by atoms with E-state index < -0.39 is 10.0 Å². The quantitative estimate of drug-likeness (QED) is 0.706. The van der Waals surface area contributed by atoms with E-state index in [1.807, 2.05) is 30.3 Å². The predicted octanol–water partition coefficient (Wildman–Crippen LogP) is 3.63. The number of hydrogen-bond donors (Lipinski definition) is 2. The average Bonchev–Trinajstić information content (AvgIpc) is 2.64. The van der Waals surface area contributed by atoms with E-state index in [1.54, 1.807) is 30.5 Å². The SMILES string of the molecule is COc1ccc(S(=O)(=O)Nc2cccnc2Nc2ccccc2)cc1. The molecule has 0 unspecified atom stereocenters. The summed E-state index contributed by atoms with van der Waals surface area (Å²) >= 11 is 0. The lowest BCUT2D eigenvalue weighted by Crippen LogP contribution is -2.14. The summed E-state index contributed by atoms with van der Waals surface area (Å²) in [6.07, 6.45) is 1.59. The van der Waals surface area contributed by atoms with Gasteiger partial charge >= 0.3 is 0 Å². The maximum absolute atomic E-state index is 12.6. The van der Waals surface area contributed by atoms with E-state index in [4.69, 9.17) is 4.74 Å². The number of rotatable bonds is 6. The summed E-state index contributed by atoms with van der Waals surface area (Å²) in [7, 11) is -2.21. The summed E-state index contributed by atoms with van der Waals surface area (Å²) in [5.74, 6) is 1.01. The number of aromatic nitrogens is 1. The zero-order valence-corrected chi connectivity index (χ0v) is 14.3. The standard InChI is InChI=1S/C18H17N3O3S/c1-24-15-9-11-16(12-10-15)25(22,23)21-17-8-5-13-19-18(17)20-14-6-3-2-4-7-14/h2-13,21H,1H3,(H,19,20). The summed E-state index contributed by atoms with van der Waals surface area (Å²) in [5.41, 5.74) is 1.17. The van der Waals surface area contributed by atoms with Gasteiger partial charge in [0.05, 0.1) is 17.7 Å². The molecule has 0 saturated heterocycles. The number of para-hydroxylation sites is 1. The third-order valence-corrected chi connectivity index (χ3v) is 4.84. The molecule has 1 heterocycles. The van der Waals surface area contributed by atoms with Crippen LogP contribution >= 0.6 is 0 Å². The number of sulfonamides is 1. The highest BCUT2D eigenvalue weighted by Gasteiger charge is 2.16. The van der Waals surface area contributed by atoms with Crippen molar-refractivity contribution in [1.82, 2.24) is 4.98 Å². The maximum atomic E-state index is 12.6. The molecule has 2 N–H and O–H groups in total. The molecule has 0 amide bonds. The average molecular weight is 355 g/mol. The van der Waals surface area contributed by atoms with E-state index in [9.17, 15) is 8.42 Å². The van der Waals surface area contributed by atoms with E-state index in [1.165, 1.54) is 19.2 Å². The van der Waals surface area contributed by atoms with Gasteiger partial charge in [-0.2, -0.15) is 0 Å². The van der Waals surface area contributed by atoms with Crippen LogP contribution in [0.25, 0.3) is 0 Å². The van der Waals surface area contributed by atoms with Gasteiger partial charge in [0.15, 0.2) is 5.82 Å². The molecule has 0 atom stereocenters. The Morgan fingerprint density at radius 2 is 1.64 bits per heavy atom. The third kappa shape index (κ3) is 4.07. The lowest BCUT2D eigenvalue weighted by Gasteiger charge is -2.13. The molecule has 1 aromatic heterocycles. The zero-order chi connectivity index (χ0) is 17.7. The van der Waals surface area contributed by atoms with Crippen molar-refractivity contribution in [1.29, 1.82) is 0 Å². The normalized spacial score (nSPS) is 10.9. The molecule has 0 saturated carbocycles. The highest BCUT2D eigenvalue weighted by atomic mass is 32.2. The van der Waals surface area contributed by atoms with Crippen molar-refractivity contribution in [2.75, 3.05) is 17.1 Å². The first-order chi connectivity index (χ1) is 12.1. The van der Waals surface area contributed by atoms with Crippen LogP contribution in [-0.2, 0) is 10.0 Å². The van der Waals surface area contributed by atoms with Crippen LogP contribution in [-0.4, -0.2) is 20.5 Å². The fraction of sp³-hybridized carbons (Fsp3) is 0.0556. The summed E-state index contributed by atoms with van der Waals surface area (Å²) in [4.78, 5) is 4.36. The number of pyridine rings is 1.